The molecular formula is C15H18N2O3. The first-order valence-electron chi connectivity index (χ1n) is 6.82. The van der Waals surface area contributed by atoms with Gasteiger partial charge in [0.25, 0.3) is 5.91 Å². The van der Waals surface area contributed by atoms with Crippen molar-refractivity contribution < 1.29 is 15.0 Å². The molecule has 1 aliphatic rings. The summed E-state index contributed by atoms with van der Waals surface area (Å²) < 4.78 is 0. The molecule has 0 radical (unpaired) electrons. The quantitative estimate of drug-likeness (QED) is 0.570. The number of phenols is 2. The summed E-state index contributed by atoms with van der Waals surface area (Å²) in [5, 5.41) is 30.9. The molecule has 0 atom stereocenters. The van der Waals surface area contributed by atoms with Crippen LogP contribution in [0.4, 0.5) is 0 Å². The van der Waals surface area contributed by atoms with Gasteiger partial charge in [0, 0.05) is 5.56 Å². The van der Waals surface area contributed by atoms with E-state index in [0.717, 1.165) is 25.7 Å². The molecule has 0 aromatic heterocycles. The second-order valence-corrected chi connectivity index (χ2v) is 5.27. The zero-order chi connectivity index (χ0) is 14.6. The lowest BCUT2D eigenvalue weighted by Crippen LogP contribution is -2.47. The molecule has 1 fully saturated rings. The molecule has 3 N–H and O–H groups in total. The Balaban J connectivity index is 2.16. The van der Waals surface area contributed by atoms with Gasteiger partial charge >= 0.3 is 0 Å². The minimum Gasteiger partial charge on any atom is -0.504 e. The number of carbonyl (C=O) groups excluding carboxylic acids is 1. The molecule has 1 aliphatic carbocycles. The topological polar surface area (TPSA) is 93.4 Å². The van der Waals surface area contributed by atoms with E-state index in [-0.39, 0.29) is 17.1 Å². The maximum absolute atomic E-state index is 12.2. The lowest BCUT2D eigenvalue weighted by Gasteiger charge is -2.26. The Kier molecular flexibility index (Phi) is 4.14. The third-order valence-electron chi connectivity index (χ3n) is 3.76. The fraction of sp³-hybridized carbons (Fsp3) is 0.467. The van der Waals surface area contributed by atoms with Crippen LogP contribution < -0.4 is 5.32 Å². The SMILES string of the molecule is N#CC1(NC(=O)c2ccc(O)c(O)c2)CCCCCC1. The molecule has 0 unspecified atom stereocenters. The van der Waals surface area contributed by atoms with Crippen LogP contribution in [-0.2, 0) is 0 Å². The number of benzene rings is 1. The van der Waals surface area contributed by atoms with E-state index < -0.39 is 11.4 Å². The fourth-order valence-electron chi connectivity index (χ4n) is 2.55. The molecule has 2 rings (SSSR count). The lowest BCUT2D eigenvalue weighted by molar-refractivity contribution is 0.0912. The second-order valence-electron chi connectivity index (χ2n) is 5.27. The number of nitrogens with zero attached hydrogens (tertiary/aromatic N) is 1. The van der Waals surface area contributed by atoms with Crippen LogP contribution in [0.25, 0.3) is 0 Å². The third-order valence-corrected chi connectivity index (χ3v) is 3.76. The smallest absolute Gasteiger partial charge is 0.252 e. The number of carbonyl (C=O) groups is 1. The number of aromatic hydroxyl groups is 2. The number of phenolic OH excluding ortho intramolecular Hbond substituents is 2. The van der Waals surface area contributed by atoms with Crippen LogP contribution in [0, 0.1) is 11.3 Å². The van der Waals surface area contributed by atoms with Gasteiger partial charge in [0.05, 0.1) is 6.07 Å². The number of rotatable bonds is 2. The highest BCUT2D eigenvalue weighted by Gasteiger charge is 2.32. The number of nitriles is 1. The predicted molar refractivity (Wildman–Crippen MR) is 73.3 cm³/mol. The number of amides is 1. The summed E-state index contributed by atoms with van der Waals surface area (Å²) in [7, 11) is 0. The van der Waals surface area contributed by atoms with E-state index >= 15 is 0 Å². The van der Waals surface area contributed by atoms with Gasteiger partial charge in [0.15, 0.2) is 11.5 Å². The fourth-order valence-corrected chi connectivity index (χ4v) is 2.55. The van der Waals surface area contributed by atoms with Crippen LogP contribution in [0.5, 0.6) is 11.5 Å². The molecule has 106 valence electrons. The van der Waals surface area contributed by atoms with Gasteiger partial charge in [0.1, 0.15) is 5.54 Å². The molecule has 0 saturated heterocycles. The van der Waals surface area contributed by atoms with Crippen molar-refractivity contribution in [1.29, 1.82) is 5.26 Å². The number of hydrogen-bond acceptors (Lipinski definition) is 4. The predicted octanol–water partition coefficient (Wildman–Crippen LogP) is 2.44. The van der Waals surface area contributed by atoms with E-state index in [1.54, 1.807) is 0 Å². The summed E-state index contributed by atoms with van der Waals surface area (Å²) in [5.74, 6) is -1.01. The van der Waals surface area contributed by atoms with Gasteiger partial charge in [-0.15, -0.1) is 0 Å². The van der Waals surface area contributed by atoms with Crippen LogP contribution in [0.2, 0.25) is 0 Å². The Hall–Kier alpha value is -2.22. The minimum absolute atomic E-state index is 0.235. The summed E-state index contributed by atoms with van der Waals surface area (Å²) in [6.45, 7) is 0. The van der Waals surface area contributed by atoms with Crippen molar-refractivity contribution in [2.75, 3.05) is 0 Å². The van der Waals surface area contributed by atoms with Crippen LogP contribution in [0.3, 0.4) is 0 Å². The molecule has 1 amide bonds. The van der Waals surface area contributed by atoms with E-state index in [0.29, 0.717) is 12.8 Å². The Bertz CT molecular complexity index is 541. The van der Waals surface area contributed by atoms with E-state index in [1.807, 2.05) is 0 Å². The van der Waals surface area contributed by atoms with Gasteiger partial charge in [-0.05, 0) is 31.0 Å². The van der Waals surface area contributed by atoms with Crippen molar-refractivity contribution in [3.8, 4) is 17.6 Å². The van der Waals surface area contributed by atoms with Gasteiger partial charge in [-0.2, -0.15) is 5.26 Å². The average Bonchev–Trinajstić information content (AvgIpc) is 2.68. The third kappa shape index (κ3) is 3.02. The summed E-state index contributed by atoms with van der Waals surface area (Å²) >= 11 is 0. The zero-order valence-electron chi connectivity index (χ0n) is 11.2. The zero-order valence-corrected chi connectivity index (χ0v) is 11.2. The van der Waals surface area contributed by atoms with Gasteiger partial charge in [0.2, 0.25) is 0 Å². The normalized spacial score (nSPS) is 17.8. The Morgan fingerprint density at radius 2 is 1.80 bits per heavy atom. The van der Waals surface area contributed by atoms with Gasteiger partial charge in [-0.3, -0.25) is 4.79 Å². The monoisotopic (exact) mass is 274 g/mol. The molecule has 1 aromatic rings. The van der Waals surface area contributed by atoms with Crippen molar-refractivity contribution in [2.24, 2.45) is 0 Å². The maximum Gasteiger partial charge on any atom is 0.252 e. The Morgan fingerprint density at radius 1 is 1.15 bits per heavy atom. The molecule has 0 bridgehead atoms. The van der Waals surface area contributed by atoms with Crippen molar-refractivity contribution in [2.45, 2.75) is 44.1 Å². The van der Waals surface area contributed by atoms with Crippen molar-refractivity contribution in [3.05, 3.63) is 23.8 Å². The molecule has 1 aromatic carbocycles. The maximum atomic E-state index is 12.2. The van der Waals surface area contributed by atoms with Crippen molar-refractivity contribution in [1.82, 2.24) is 5.32 Å². The van der Waals surface area contributed by atoms with Crippen LogP contribution in [0.15, 0.2) is 18.2 Å². The molecule has 0 aliphatic heterocycles. The second kappa shape index (κ2) is 5.83. The van der Waals surface area contributed by atoms with Gasteiger partial charge in [-0.25, -0.2) is 0 Å². The molecule has 0 heterocycles. The summed E-state index contributed by atoms with van der Waals surface area (Å²) in [5.41, 5.74) is -0.583. The number of hydrogen-bond donors (Lipinski definition) is 3. The van der Waals surface area contributed by atoms with Crippen molar-refractivity contribution in [3.63, 3.8) is 0 Å². The van der Waals surface area contributed by atoms with Crippen LogP contribution in [0.1, 0.15) is 48.9 Å². The summed E-state index contributed by atoms with van der Waals surface area (Å²) in [6, 6.07) is 6.12. The Morgan fingerprint density at radius 3 is 2.35 bits per heavy atom. The molecular weight excluding hydrogens is 256 g/mol. The summed E-state index contributed by atoms with van der Waals surface area (Å²) in [6.07, 6.45) is 5.32. The number of nitrogens with one attached hydrogen (secondary N) is 1. The first-order chi connectivity index (χ1) is 9.56. The lowest BCUT2D eigenvalue weighted by atomic mass is 9.91. The molecule has 5 heteroatoms. The molecule has 20 heavy (non-hydrogen) atoms. The van der Waals surface area contributed by atoms with Crippen molar-refractivity contribution >= 4 is 5.91 Å². The molecule has 5 nitrogen and oxygen atoms in total. The average molecular weight is 274 g/mol. The van der Waals surface area contributed by atoms with E-state index in [4.69, 9.17) is 0 Å². The van der Waals surface area contributed by atoms with Gasteiger partial charge < -0.3 is 15.5 Å². The van der Waals surface area contributed by atoms with E-state index in [1.165, 1.54) is 18.2 Å². The standard InChI is InChI=1S/C15H18N2O3/c16-10-15(7-3-1-2-4-8-15)17-14(20)11-5-6-12(18)13(19)9-11/h5-6,9,18-19H,1-4,7-8H2,(H,17,20). The molecule has 0 spiro atoms. The largest absolute Gasteiger partial charge is 0.504 e. The highest BCUT2D eigenvalue weighted by molar-refractivity contribution is 5.95. The molecule has 1 saturated carbocycles. The minimum atomic E-state index is -0.818. The highest BCUT2D eigenvalue weighted by atomic mass is 16.3. The first-order valence-corrected chi connectivity index (χ1v) is 6.82. The highest BCUT2D eigenvalue weighted by Crippen LogP contribution is 2.28. The van der Waals surface area contributed by atoms with Crippen LogP contribution >= 0.6 is 0 Å². The Labute approximate surface area is 117 Å². The van der Waals surface area contributed by atoms with E-state index in [9.17, 15) is 20.3 Å². The van der Waals surface area contributed by atoms with Crippen LogP contribution in [-0.4, -0.2) is 21.7 Å². The summed E-state index contributed by atoms with van der Waals surface area (Å²) in [4.78, 5) is 12.2. The van der Waals surface area contributed by atoms with Gasteiger partial charge in [-0.1, -0.05) is 25.7 Å². The van der Waals surface area contributed by atoms with E-state index in [2.05, 4.69) is 11.4 Å². The first kappa shape index (κ1) is 14.2.